The standard InChI is InChI=1S/C35H37ClFN3O4S/c1-4-26(3)38-35(42)33(21-27-11-7-5-8-12-27)39(23-28-17-15-25(2)16-18-28)34(41)24-40(29-19-20-32(37)31(36)22-29)45(43,44)30-13-9-6-10-14-30/h5-20,22,26,33H,4,21,23-24H2,1-3H3,(H,38,42)/t26-,33+/m1/s1. The maximum Gasteiger partial charge on any atom is 0.264 e. The van der Waals surface area contributed by atoms with Crippen molar-refractivity contribution in [2.45, 2.75) is 57.1 Å². The van der Waals surface area contributed by atoms with E-state index in [1.165, 1.54) is 29.2 Å². The molecule has 2 atom stereocenters. The monoisotopic (exact) mass is 649 g/mol. The Morgan fingerprint density at radius 2 is 1.51 bits per heavy atom. The van der Waals surface area contributed by atoms with Crippen LogP contribution < -0.4 is 9.62 Å². The van der Waals surface area contributed by atoms with Crippen molar-refractivity contribution in [1.29, 1.82) is 0 Å². The van der Waals surface area contributed by atoms with Crippen molar-refractivity contribution in [3.8, 4) is 0 Å². The van der Waals surface area contributed by atoms with Crippen LogP contribution in [0.1, 0.15) is 37.0 Å². The van der Waals surface area contributed by atoms with Gasteiger partial charge in [0, 0.05) is 19.0 Å². The molecule has 0 aliphatic rings. The number of halogens is 2. The van der Waals surface area contributed by atoms with Gasteiger partial charge in [0.15, 0.2) is 0 Å². The lowest BCUT2D eigenvalue weighted by molar-refractivity contribution is -0.140. The molecule has 0 fully saturated rings. The average molecular weight is 650 g/mol. The van der Waals surface area contributed by atoms with E-state index in [-0.39, 0.29) is 40.5 Å². The highest BCUT2D eigenvalue weighted by Gasteiger charge is 2.35. The first-order chi connectivity index (χ1) is 21.5. The molecule has 0 heterocycles. The summed E-state index contributed by atoms with van der Waals surface area (Å²) in [4.78, 5) is 29.7. The number of carbonyl (C=O) groups excluding carboxylic acids is 2. The smallest absolute Gasteiger partial charge is 0.264 e. The lowest BCUT2D eigenvalue weighted by Crippen LogP contribution is -2.54. The van der Waals surface area contributed by atoms with Gasteiger partial charge < -0.3 is 10.2 Å². The minimum atomic E-state index is -4.31. The van der Waals surface area contributed by atoms with Gasteiger partial charge in [0.25, 0.3) is 10.0 Å². The summed E-state index contributed by atoms with van der Waals surface area (Å²) in [5, 5.41) is 2.72. The number of carbonyl (C=O) groups is 2. The van der Waals surface area contributed by atoms with E-state index in [2.05, 4.69) is 5.32 Å². The van der Waals surface area contributed by atoms with E-state index in [0.717, 1.165) is 27.1 Å². The number of aryl methyl sites for hydroxylation is 1. The summed E-state index contributed by atoms with van der Waals surface area (Å²) >= 11 is 6.07. The summed E-state index contributed by atoms with van der Waals surface area (Å²) in [6.45, 7) is 5.17. The molecule has 10 heteroatoms. The van der Waals surface area contributed by atoms with Gasteiger partial charge in [0.05, 0.1) is 15.6 Å². The first-order valence-electron chi connectivity index (χ1n) is 14.7. The van der Waals surface area contributed by atoms with E-state index in [1.807, 2.05) is 75.4 Å². The van der Waals surface area contributed by atoms with Crippen molar-refractivity contribution in [1.82, 2.24) is 10.2 Å². The number of anilines is 1. The minimum absolute atomic E-state index is 0.0116. The van der Waals surface area contributed by atoms with Crippen LogP contribution in [0.2, 0.25) is 5.02 Å². The van der Waals surface area contributed by atoms with Crippen molar-refractivity contribution in [3.63, 3.8) is 0 Å². The Balaban J connectivity index is 1.81. The molecule has 0 aliphatic heterocycles. The Bertz CT molecular complexity index is 1700. The van der Waals surface area contributed by atoms with E-state index in [9.17, 15) is 22.4 Å². The molecule has 0 bridgehead atoms. The second-order valence-corrected chi connectivity index (χ2v) is 13.2. The Hall–Kier alpha value is -4.21. The maximum atomic E-state index is 14.5. The third-order valence-corrected chi connectivity index (χ3v) is 9.62. The number of amides is 2. The summed E-state index contributed by atoms with van der Waals surface area (Å²) in [7, 11) is -4.31. The molecule has 4 aromatic carbocycles. The summed E-state index contributed by atoms with van der Waals surface area (Å²) < 4.78 is 43.1. The predicted octanol–water partition coefficient (Wildman–Crippen LogP) is 6.54. The molecule has 0 saturated carbocycles. The molecule has 0 saturated heterocycles. The van der Waals surface area contributed by atoms with Gasteiger partial charge in [-0.2, -0.15) is 0 Å². The fourth-order valence-electron chi connectivity index (χ4n) is 4.77. The molecule has 45 heavy (non-hydrogen) atoms. The van der Waals surface area contributed by atoms with Gasteiger partial charge in [0.1, 0.15) is 18.4 Å². The molecule has 4 aromatic rings. The second-order valence-electron chi connectivity index (χ2n) is 11.0. The first-order valence-corrected chi connectivity index (χ1v) is 16.5. The summed E-state index contributed by atoms with van der Waals surface area (Å²) in [5.41, 5.74) is 2.64. The van der Waals surface area contributed by atoms with Gasteiger partial charge >= 0.3 is 0 Å². The highest BCUT2D eigenvalue weighted by molar-refractivity contribution is 7.92. The van der Waals surface area contributed by atoms with Gasteiger partial charge in [-0.3, -0.25) is 13.9 Å². The van der Waals surface area contributed by atoms with E-state index in [0.29, 0.717) is 6.42 Å². The Labute approximate surface area is 269 Å². The summed E-state index contributed by atoms with van der Waals surface area (Å²) in [5.74, 6) is -1.69. The highest BCUT2D eigenvalue weighted by Crippen LogP contribution is 2.28. The zero-order valence-electron chi connectivity index (χ0n) is 25.5. The Morgan fingerprint density at radius 1 is 0.889 bits per heavy atom. The van der Waals surface area contributed by atoms with Gasteiger partial charge in [-0.05, 0) is 61.7 Å². The van der Waals surface area contributed by atoms with Crippen LogP contribution in [0, 0.1) is 12.7 Å². The molecule has 0 aromatic heterocycles. The third kappa shape index (κ3) is 8.71. The number of hydrogen-bond donors (Lipinski definition) is 1. The zero-order chi connectivity index (χ0) is 32.6. The summed E-state index contributed by atoms with van der Waals surface area (Å²) in [6, 6.07) is 26.9. The second kappa shape index (κ2) is 15.2. The molecule has 1 N–H and O–H groups in total. The van der Waals surface area contributed by atoms with Gasteiger partial charge in [-0.15, -0.1) is 0 Å². The molecular weight excluding hydrogens is 613 g/mol. The van der Waals surface area contributed by atoms with Gasteiger partial charge in [0.2, 0.25) is 11.8 Å². The number of nitrogens with one attached hydrogen (secondary N) is 1. The van der Waals surface area contributed by atoms with E-state index in [1.54, 1.807) is 18.2 Å². The molecule has 7 nitrogen and oxygen atoms in total. The fourth-order valence-corrected chi connectivity index (χ4v) is 6.38. The minimum Gasteiger partial charge on any atom is -0.352 e. The van der Waals surface area contributed by atoms with Crippen LogP contribution in [0.4, 0.5) is 10.1 Å². The van der Waals surface area contributed by atoms with Crippen molar-refractivity contribution < 1.29 is 22.4 Å². The number of hydrogen-bond acceptors (Lipinski definition) is 4. The Kier molecular flexibility index (Phi) is 11.4. The lowest BCUT2D eigenvalue weighted by atomic mass is 10.0. The summed E-state index contributed by atoms with van der Waals surface area (Å²) in [6.07, 6.45) is 0.888. The first kappa shape index (κ1) is 33.7. The molecule has 2 amide bonds. The van der Waals surface area contributed by atoms with Crippen LogP contribution in [0.3, 0.4) is 0 Å². The quantitative estimate of drug-likeness (QED) is 0.178. The predicted molar refractivity (Wildman–Crippen MR) is 176 cm³/mol. The van der Waals surface area contributed by atoms with E-state index in [4.69, 9.17) is 11.6 Å². The molecular formula is C35H37ClFN3O4S. The molecule has 0 unspecified atom stereocenters. The molecule has 4 rings (SSSR count). The fraction of sp³-hybridized carbons (Fsp3) is 0.257. The number of benzene rings is 4. The largest absolute Gasteiger partial charge is 0.352 e. The average Bonchev–Trinajstić information content (AvgIpc) is 3.04. The number of rotatable bonds is 13. The Morgan fingerprint density at radius 3 is 2.11 bits per heavy atom. The van der Waals surface area contributed by atoms with Crippen LogP contribution >= 0.6 is 11.6 Å². The van der Waals surface area contributed by atoms with Crippen molar-refractivity contribution in [2.75, 3.05) is 10.8 Å². The molecule has 0 spiro atoms. The van der Waals surface area contributed by atoms with Crippen molar-refractivity contribution in [3.05, 3.63) is 131 Å². The normalized spacial score (nSPS) is 12.6. The number of nitrogens with zero attached hydrogens (tertiary/aromatic N) is 2. The van der Waals surface area contributed by atoms with E-state index < -0.39 is 34.3 Å². The molecule has 236 valence electrons. The third-order valence-electron chi connectivity index (χ3n) is 7.55. The number of sulfonamides is 1. The van der Waals surface area contributed by atoms with Crippen molar-refractivity contribution in [2.24, 2.45) is 0 Å². The van der Waals surface area contributed by atoms with Gasteiger partial charge in [-0.1, -0.05) is 96.9 Å². The van der Waals surface area contributed by atoms with Crippen molar-refractivity contribution >= 4 is 39.1 Å². The maximum absolute atomic E-state index is 14.5. The lowest BCUT2D eigenvalue weighted by Gasteiger charge is -2.34. The zero-order valence-corrected chi connectivity index (χ0v) is 27.1. The van der Waals surface area contributed by atoms with Crippen LogP contribution in [0.5, 0.6) is 0 Å². The molecule has 0 radical (unpaired) electrons. The van der Waals surface area contributed by atoms with Gasteiger partial charge in [-0.25, -0.2) is 12.8 Å². The van der Waals surface area contributed by atoms with E-state index >= 15 is 0 Å². The van der Waals surface area contributed by atoms with Crippen LogP contribution in [0.25, 0.3) is 0 Å². The highest BCUT2D eigenvalue weighted by atomic mass is 35.5. The molecule has 0 aliphatic carbocycles. The SMILES string of the molecule is CC[C@@H](C)NC(=O)[C@H](Cc1ccccc1)N(Cc1ccc(C)cc1)C(=O)CN(c1ccc(F)c(Cl)c1)S(=O)(=O)c1ccccc1. The van der Waals surface area contributed by atoms with Crippen LogP contribution in [0.15, 0.2) is 108 Å². The van der Waals surface area contributed by atoms with Crippen LogP contribution in [-0.4, -0.2) is 43.8 Å². The van der Waals surface area contributed by atoms with Crippen LogP contribution in [-0.2, 0) is 32.6 Å². The topological polar surface area (TPSA) is 86.8 Å².